The molecule has 0 saturated carbocycles. The van der Waals surface area contributed by atoms with Crippen LogP contribution in [-0.2, 0) is 6.54 Å². The Morgan fingerprint density at radius 1 is 1.48 bits per heavy atom. The molecule has 23 heavy (non-hydrogen) atoms. The van der Waals surface area contributed by atoms with Gasteiger partial charge in [0.05, 0.1) is 16.7 Å². The molecule has 2 heterocycles. The zero-order valence-corrected chi connectivity index (χ0v) is 13.3. The summed E-state index contributed by atoms with van der Waals surface area (Å²) < 4.78 is 0. The highest BCUT2D eigenvalue weighted by atomic mass is 32.1. The molecule has 1 saturated heterocycles. The number of benzene rings is 1. The molecule has 3 rings (SSSR count). The molecule has 122 valence electrons. The largest absolute Gasteiger partial charge is 0.391 e. The summed E-state index contributed by atoms with van der Waals surface area (Å²) in [5.74, 6) is 0.227. The van der Waals surface area contributed by atoms with Gasteiger partial charge in [-0.15, -0.1) is 11.3 Å². The van der Waals surface area contributed by atoms with Gasteiger partial charge in [0, 0.05) is 55.2 Å². The van der Waals surface area contributed by atoms with E-state index >= 15 is 0 Å². The number of nitro benzene ring substituents is 1. The molecule has 2 unspecified atom stereocenters. The second-order valence-electron chi connectivity index (χ2n) is 5.57. The molecule has 0 aliphatic carbocycles. The van der Waals surface area contributed by atoms with E-state index in [2.05, 4.69) is 15.6 Å². The molecule has 1 aliphatic heterocycles. The van der Waals surface area contributed by atoms with E-state index < -0.39 is 4.92 Å². The van der Waals surface area contributed by atoms with Crippen LogP contribution in [0, 0.1) is 16.0 Å². The third-order valence-electron chi connectivity index (χ3n) is 3.87. The van der Waals surface area contributed by atoms with Gasteiger partial charge in [0.2, 0.25) is 0 Å². The first-order valence-corrected chi connectivity index (χ1v) is 8.30. The van der Waals surface area contributed by atoms with Crippen LogP contribution in [0.1, 0.15) is 5.69 Å². The van der Waals surface area contributed by atoms with Gasteiger partial charge in [-0.05, 0) is 0 Å². The fourth-order valence-corrected chi connectivity index (χ4v) is 3.40. The number of nitrogens with one attached hydrogen (secondary N) is 2. The van der Waals surface area contributed by atoms with Gasteiger partial charge >= 0.3 is 0 Å². The van der Waals surface area contributed by atoms with Crippen LogP contribution in [0.4, 0.5) is 5.69 Å². The van der Waals surface area contributed by atoms with Crippen LogP contribution in [0.25, 0.3) is 10.6 Å². The number of thiazole rings is 1. The highest BCUT2D eigenvalue weighted by Gasteiger charge is 2.24. The quantitative estimate of drug-likeness (QED) is 0.545. The number of non-ortho nitro benzene ring substituents is 1. The molecule has 3 N–H and O–H groups in total. The average molecular weight is 334 g/mol. The van der Waals surface area contributed by atoms with Gasteiger partial charge in [-0.2, -0.15) is 0 Å². The van der Waals surface area contributed by atoms with Gasteiger partial charge in [-0.25, -0.2) is 4.98 Å². The second kappa shape index (κ2) is 7.14. The SMILES string of the molecule is O=[N+]([O-])c1cccc(-c2nc(CNCC3CNCC3O)cs2)c1. The van der Waals surface area contributed by atoms with Gasteiger partial charge in [-0.1, -0.05) is 12.1 Å². The highest BCUT2D eigenvalue weighted by molar-refractivity contribution is 7.13. The van der Waals surface area contributed by atoms with Crippen LogP contribution in [-0.4, -0.2) is 40.8 Å². The Morgan fingerprint density at radius 3 is 3.09 bits per heavy atom. The van der Waals surface area contributed by atoms with Crippen molar-refractivity contribution in [1.29, 1.82) is 0 Å². The van der Waals surface area contributed by atoms with E-state index in [-0.39, 0.29) is 17.7 Å². The lowest BCUT2D eigenvalue weighted by molar-refractivity contribution is -0.384. The Hall–Kier alpha value is -1.87. The van der Waals surface area contributed by atoms with E-state index in [9.17, 15) is 15.2 Å². The van der Waals surface area contributed by atoms with Crippen molar-refractivity contribution in [3.63, 3.8) is 0 Å². The van der Waals surface area contributed by atoms with Crippen molar-refractivity contribution in [2.75, 3.05) is 19.6 Å². The van der Waals surface area contributed by atoms with Crippen molar-refractivity contribution < 1.29 is 10.0 Å². The van der Waals surface area contributed by atoms with Crippen LogP contribution in [0.2, 0.25) is 0 Å². The molecule has 0 amide bonds. The molecule has 1 aromatic carbocycles. The maximum absolute atomic E-state index is 10.8. The Morgan fingerprint density at radius 2 is 2.35 bits per heavy atom. The first-order valence-electron chi connectivity index (χ1n) is 7.42. The number of hydrogen-bond donors (Lipinski definition) is 3. The Bertz CT molecular complexity index is 691. The van der Waals surface area contributed by atoms with Crippen molar-refractivity contribution >= 4 is 17.0 Å². The summed E-state index contributed by atoms with van der Waals surface area (Å²) in [6.07, 6.45) is -0.293. The standard InChI is InChI=1S/C15H18N4O3S/c20-14-8-17-6-11(14)5-16-7-12-9-23-15(18-12)10-2-1-3-13(4-10)19(21)22/h1-4,9,11,14,16-17,20H,5-8H2. The first-order chi connectivity index (χ1) is 11.1. The Balaban J connectivity index is 1.59. The lowest BCUT2D eigenvalue weighted by Crippen LogP contribution is -2.30. The van der Waals surface area contributed by atoms with Crippen LogP contribution in [0.3, 0.4) is 0 Å². The summed E-state index contributed by atoms with van der Waals surface area (Å²) in [6.45, 7) is 2.83. The molecule has 0 bridgehead atoms. The summed E-state index contributed by atoms with van der Waals surface area (Å²) in [5.41, 5.74) is 1.72. The monoisotopic (exact) mass is 334 g/mol. The summed E-state index contributed by atoms with van der Waals surface area (Å²) in [5, 5.41) is 29.8. The van der Waals surface area contributed by atoms with E-state index in [0.717, 1.165) is 29.4 Å². The van der Waals surface area contributed by atoms with Crippen molar-refractivity contribution in [2.45, 2.75) is 12.6 Å². The minimum absolute atomic E-state index is 0.0695. The van der Waals surface area contributed by atoms with Crippen LogP contribution in [0.15, 0.2) is 29.6 Å². The summed E-state index contributed by atoms with van der Waals surface area (Å²) >= 11 is 1.47. The third-order valence-corrected chi connectivity index (χ3v) is 4.81. The molecule has 2 atom stereocenters. The number of nitro groups is 1. The van der Waals surface area contributed by atoms with Crippen molar-refractivity contribution in [3.05, 3.63) is 45.5 Å². The fraction of sp³-hybridized carbons (Fsp3) is 0.400. The van der Waals surface area contributed by atoms with E-state index in [0.29, 0.717) is 13.1 Å². The predicted molar refractivity (Wildman–Crippen MR) is 88.3 cm³/mol. The summed E-state index contributed by atoms with van der Waals surface area (Å²) in [4.78, 5) is 15.0. The molecule has 0 radical (unpaired) electrons. The van der Waals surface area contributed by atoms with Crippen molar-refractivity contribution in [2.24, 2.45) is 5.92 Å². The van der Waals surface area contributed by atoms with Crippen LogP contribution < -0.4 is 10.6 Å². The zero-order chi connectivity index (χ0) is 16.2. The average Bonchev–Trinajstić information content (AvgIpc) is 3.17. The van der Waals surface area contributed by atoms with Crippen molar-refractivity contribution in [1.82, 2.24) is 15.6 Å². The Labute approximate surface area is 137 Å². The van der Waals surface area contributed by atoms with Gasteiger partial charge in [0.1, 0.15) is 5.01 Å². The molecular formula is C15H18N4O3S. The topological polar surface area (TPSA) is 100 Å². The number of hydrogen-bond acceptors (Lipinski definition) is 7. The number of aromatic nitrogens is 1. The number of nitrogens with zero attached hydrogens (tertiary/aromatic N) is 2. The van der Waals surface area contributed by atoms with E-state index in [1.807, 2.05) is 11.4 Å². The molecule has 1 aromatic heterocycles. The van der Waals surface area contributed by atoms with Gasteiger partial charge < -0.3 is 15.7 Å². The van der Waals surface area contributed by atoms with Crippen LogP contribution in [0.5, 0.6) is 0 Å². The van der Waals surface area contributed by atoms with E-state index in [1.165, 1.54) is 23.5 Å². The highest BCUT2D eigenvalue weighted by Crippen LogP contribution is 2.26. The fourth-order valence-electron chi connectivity index (χ4n) is 2.59. The minimum Gasteiger partial charge on any atom is -0.391 e. The lowest BCUT2D eigenvalue weighted by atomic mass is 10.1. The van der Waals surface area contributed by atoms with Crippen molar-refractivity contribution in [3.8, 4) is 10.6 Å². The second-order valence-corrected chi connectivity index (χ2v) is 6.43. The maximum Gasteiger partial charge on any atom is 0.270 e. The molecule has 1 fully saturated rings. The Kier molecular flexibility index (Phi) is 4.97. The van der Waals surface area contributed by atoms with E-state index in [4.69, 9.17) is 0 Å². The number of aliphatic hydroxyl groups is 1. The summed E-state index contributed by atoms with van der Waals surface area (Å²) in [6, 6.07) is 6.50. The number of aliphatic hydroxyl groups excluding tert-OH is 1. The minimum atomic E-state index is -0.402. The van der Waals surface area contributed by atoms with Crippen LogP contribution >= 0.6 is 11.3 Å². The third kappa shape index (κ3) is 3.91. The predicted octanol–water partition coefficient (Wildman–Crippen LogP) is 1.39. The first kappa shape index (κ1) is 16.0. The number of rotatable bonds is 6. The molecule has 7 nitrogen and oxygen atoms in total. The van der Waals surface area contributed by atoms with E-state index in [1.54, 1.807) is 6.07 Å². The summed E-state index contributed by atoms with van der Waals surface area (Å²) in [7, 11) is 0. The van der Waals surface area contributed by atoms with Gasteiger partial charge in [0.15, 0.2) is 0 Å². The molecule has 0 spiro atoms. The molecular weight excluding hydrogens is 316 g/mol. The lowest BCUT2D eigenvalue weighted by Gasteiger charge is -2.13. The molecule has 8 heteroatoms. The normalized spacial score (nSPS) is 20.7. The zero-order valence-electron chi connectivity index (χ0n) is 12.4. The number of β-amino-alcohol motifs (C(OH)–C–C–N with tert-alkyl or cyclic N) is 1. The molecule has 2 aromatic rings. The van der Waals surface area contributed by atoms with Gasteiger partial charge in [0.25, 0.3) is 5.69 Å². The molecule has 1 aliphatic rings. The smallest absolute Gasteiger partial charge is 0.270 e. The van der Waals surface area contributed by atoms with Gasteiger partial charge in [-0.3, -0.25) is 10.1 Å². The maximum atomic E-state index is 10.8.